The molecule has 3 heteroatoms. The van der Waals surface area contributed by atoms with Crippen LogP contribution in [0.15, 0.2) is 11.6 Å². The molecule has 2 aliphatic carbocycles. The van der Waals surface area contributed by atoms with E-state index in [0.29, 0.717) is 41.6 Å². The SMILES string of the molecule is CC1CC(O)C=C(C(=O)O)CCC2C1CC2(C)C. The van der Waals surface area contributed by atoms with Gasteiger partial charge >= 0.3 is 5.97 Å². The summed E-state index contributed by atoms with van der Waals surface area (Å²) < 4.78 is 0. The minimum Gasteiger partial charge on any atom is -0.478 e. The van der Waals surface area contributed by atoms with Crippen LogP contribution in [0, 0.1) is 23.2 Å². The molecule has 0 saturated heterocycles. The Bertz CT molecular complexity index is 370. The molecule has 102 valence electrons. The zero-order valence-corrected chi connectivity index (χ0v) is 11.5. The van der Waals surface area contributed by atoms with Crippen LogP contribution in [-0.4, -0.2) is 22.3 Å². The van der Waals surface area contributed by atoms with E-state index in [-0.39, 0.29) is 0 Å². The van der Waals surface area contributed by atoms with E-state index in [9.17, 15) is 9.90 Å². The maximum Gasteiger partial charge on any atom is 0.331 e. The number of carbonyl (C=O) groups is 1. The smallest absolute Gasteiger partial charge is 0.331 e. The van der Waals surface area contributed by atoms with Gasteiger partial charge in [0.2, 0.25) is 0 Å². The molecule has 0 spiro atoms. The summed E-state index contributed by atoms with van der Waals surface area (Å²) >= 11 is 0. The first-order valence-corrected chi connectivity index (χ1v) is 6.93. The van der Waals surface area contributed by atoms with E-state index in [4.69, 9.17) is 5.11 Å². The lowest BCUT2D eigenvalue weighted by molar-refractivity contribution is -0.133. The largest absolute Gasteiger partial charge is 0.478 e. The molecule has 2 aliphatic rings. The topological polar surface area (TPSA) is 57.5 Å². The van der Waals surface area contributed by atoms with Gasteiger partial charge in [0.25, 0.3) is 0 Å². The lowest BCUT2D eigenvalue weighted by atomic mass is 9.51. The van der Waals surface area contributed by atoms with Gasteiger partial charge in [0.15, 0.2) is 0 Å². The van der Waals surface area contributed by atoms with Crippen LogP contribution in [0.5, 0.6) is 0 Å². The van der Waals surface area contributed by atoms with Crippen molar-refractivity contribution in [1.82, 2.24) is 0 Å². The number of hydrogen-bond acceptors (Lipinski definition) is 2. The molecule has 4 atom stereocenters. The number of carboxylic acids is 1. The molecule has 0 aromatic heterocycles. The van der Waals surface area contributed by atoms with Crippen molar-refractivity contribution in [2.75, 3.05) is 0 Å². The van der Waals surface area contributed by atoms with Crippen molar-refractivity contribution in [1.29, 1.82) is 0 Å². The molecule has 0 radical (unpaired) electrons. The van der Waals surface area contributed by atoms with Crippen LogP contribution in [0.1, 0.15) is 46.5 Å². The summed E-state index contributed by atoms with van der Waals surface area (Å²) in [5.74, 6) is 0.844. The van der Waals surface area contributed by atoms with Gasteiger partial charge in [-0.05, 0) is 54.9 Å². The monoisotopic (exact) mass is 252 g/mol. The molecular weight excluding hydrogens is 228 g/mol. The quantitative estimate of drug-likeness (QED) is 0.754. The van der Waals surface area contributed by atoms with Gasteiger partial charge in [0, 0.05) is 5.57 Å². The molecule has 0 heterocycles. The van der Waals surface area contributed by atoms with Gasteiger partial charge < -0.3 is 10.2 Å². The van der Waals surface area contributed by atoms with Crippen LogP contribution in [0.2, 0.25) is 0 Å². The maximum absolute atomic E-state index is 11.1. The lowest BCUT2D eigenvalue weighted by Crippen LogP contribution is -2.47. The van der Waals surface area contributed by atoms with Gasteiger partial charge in [0.1, 0.15) is 0 Å². The zero-order chi connectivity index (χ0) is 13.5. The molecule has 0 aromatic carbocycles. The summed E-state index contributed by atoms with van der Waals surface area (Å²) in [5.41, 5.74) is 0.718. The molecule has 4 unspecified atom stereocenters. The van der Waals surface area contributed by atoms with Crippen LogP contribution >= 0.6 is 0 Å². The van der Waals surface area contributed by atoms with Crippen LogP contribution in [0.4, 0.5) is 0 Å². The zero-order valence-electron chi connectivity index (χ0n) is 11.5. The molecule has 0 amide bonds. The first-order chi connectivity index (χ1) is 8.31. The molecular formula is C15H24O3. The highest BCUT2D eigenvalue weighted by Crippen LogP contribution is 2.56. The van der Waals surface area contributed by atoms with E-state index in [1.54, 1.807) is 6.08 Å². The second kappa shape index (κ2) is 4.69. The third kappa shape index (κ3) is 2.46. The molecule has 0 aliphatic heterocycles. The van der Waals surface area contributed by atoms with Crippen LogP contribution in [0.25, 0.3) is 0 Å². The second-order valence-electron chi connectivity index (χ2n) is 6.78. The van der Waals surface area contributed by atoms with E-state index in [1.807, 2.05) is 0 Å². The Kier molecular flexibility index (Phi) is 3.54. The molecule has 3 nitrogen and oxygen atoms in total. The number of fused-ring (bicyclic) bond motifs is 1. The normalized spacial score (nSPS) is 39.4. The van der Waals surface area contributed by atoms with Gasteiger partial charge in [-0.2, -0.15) is 0 Å². The Morgan fingerprint density at radius 3 is 2.67 bits per heavy atom. The Morgan fingerprint density at radius 2 is 2.11 bits per heavy atom. The standard InChI is InChI=1S/C15H24O3/c1-9-6-11(16)7-10(14(17)18)4-5-13-12(9)8-15(13,2)3/h7,9,11-13,16H,4-6,8H2,1-3H3,(H,17,18). The van der Waals surface area contributed by atoms with Gasteiger partial charge in [-0.25, -0.2) is 4.79 Å². The molecule has 1 saturated carbocycles. The number of aliphatic hydroxyl groups excluding tert-OH is 1. The van der Waals surface area contributed by atoms with Gasteiger partial charge in [-0.3, -0.25) is 0 Å². The fourth-order valence-corrected chi connectivity index (χ4v) is 3.95. The summed E-state index contributed by atoms with van der Waals surface area (Å²) in [7, 11) is 0. The van der Waals surface area contributed by atoms with E-state index in [1.165, 1.54) is 6.42 Å². The van der Waals surface area contributed by atoms with Crippen LogP contribution in [-0.2, 0) is 4.79 Å². The summed E-state index contributed by atoms with van der Waals surface area (Å²) in [6, 6.07) is 0. The Labute approximate surface area is 109 Å². The molecule has 18 heavy (non-hydrogen) atoms. The minimum atomic E-state index is -0.878. The fraction of sp³-hybridized carbons (Fsp3) is 0.800. The van der Waals surface area contributed by atoms with E-state index in [2.05, 4.69) is 20.8 Å². The third-order valence-corrected chi connectivity index (χ3v) is 5.02. The lowest BCUT2D eigenvalue weighted by Gasteiger charge is -2.54. The summed E-state index contributed by atoms with van der Waals surface area (Å²) in [6.45, 7) is 6.74. The average Bonchev–Trinajstić information content (AvgIpc) is 2.28. The Hall–Kier alpha value is -0.830. The molecule has 0 bridgehead atoms. The summed E-state index contributed by atoms with van der Waals surface area (Å²) in [4.78, 5) is 11.1. The predicted octanol–water partition coefficient (Wildman–Crippen LogP) is 2.84. The van der Waals surface area contributed by atoms with Crippen LogP contribution in [0.3, 0.4) is 0 Å². The number of hydrogen-bond donors (Lipinski definition) is 2. The van der Waals surface area contributed by atoms with Crippen molar-refractivity contribution < 1.29 is 15.0 Å². The van der Waals surface area contributed by atoms with Crippen molar-refractivity contribution in [3.05, 3.63) is 11.6 Å². The minimum absolute atomic E-state index is 0.331. The van der Waals surface area contributed by atoms with Crippen molar-refractivity contribution in [3.63, 3.8) is 0 Å². The Balaban J connectivity index is 2.19. The van der Waals surface area contributed by atoms with E-state index in [0.717, 1.165) is 6.42 Å². The highest BCUT2D eigenvalue weighted by atomic mass is 16.4. The number of rotatable bonds is 1. The average molecular weight is 252 g/mol. The first kappa shape index (κ1) is 13.6. The van der Waals surface area contributed by atoms with Gasteiger partial charge in [-0.1, -0.05) is 20.8 Å². The highest BCUT2D eigenvalue weighted by Gasteiger charge is 2.49. The van der Waals surface area contributed by atoms with Crippen molar-refractivity contribution in [2.45, 2.75) is 52.6 Å². The molecule has 1 fully saturated rings. The highest BCUT2D eigenvalue weighted by molar-refractivity contribution is 5.86. The summed E-state index contributed by atoms with van der Waals surface area (Å²) in [5, 5.41) is 19.1. The second-order valence-corrected chi connectivity index (χ2v) is 6.78. The van der Waals surface area contributed by atoms with E-state index < -0.39 is 12.1 Å². The number of carboxylic acid groups (broad SMARTS) is 1. The Morgan fingerprint density at radius 1 is 1.44 bits per heavy atom. The van der Waals surface area contributed by atoms with Crippen LogP contribution < -0.4 is 0 Å². The fourth-order valence-electron chi connectivity index (χ4n) is 3.95. The van der Waals surface area contributed by atoms with Crippen molar-refractivity contribution in [3.8, 4) is 0 Å². The third-order valence-electron chi connectivity index (χ3n) is 5.02. The molecule has 2 N–H and O–H groups in total. The number of aliphatic hydroxyl groups is 1. The van der Waals surface area contributed by atoms with E-state index >= 15 is 0 Å². The summed E-state index contributed by atoms with van der Waals surface area (Å²) in [6.07, 6.45) is 4.36. The number of aliphatic carboxylic acids is 1. The van der Waals surface area contributed by atoms with Gasteiger partial charge in [0.05, 0.1) is 6.10 Å². The maximum atomic E-state index is 11.1. The molecule has 0 aromatic rings. The molecule has 2 rings (SSSR count). The van der Waals surface area contributed by atoms with Gasteiger partial charge in [-0.15, -0.1) is 0 Å². The predicted molar refractivity (Wildman–Crippen MR) is 70.1 cm³/mol. The van der Waals surface area contributed by atoms with Crippen molar-refractivity contribution in [2.24, 2.45) is 23.2 Å². The van der Waals surface area contributed by atoms with Crippen molar-refractivity contribution >= 4 is 5.97 Å². The first-order valence-electron chi connectivity index (χ1n) is 6.93.